The molecular weight excluding hydrogens is 206 g/mol. The van der Waals surface area contributed by atoms with Crippen molar-refractivity contribution >= 4 is 11.6 Å². The molecule has 0 atom stereocenters. The molecule has 7 nitrogen and oxygen atoms in total. The normalized spacial score (nSPS) is 11.1. The van der Waals surface area contributed by atoms with Gasteiger partial charge in [-0.3, -0.25) is 4.57 Å². The van der Waals surface area contributed by atoms with E-state index < -0.39 is 0 Å². The van der Waals surface area contributed by atoms with Crippen LogP contribution in [0.15, 0.2) is 24.8 Å². The summed E-state index contributed by atoms with van der Waals surface area (Å²) < 4.78 is 3.43. The molecule has 0 saturated heterocycles. The van der Waals surface area contributed by atoms with Crippen molar-refractivity contribution in [2.24, 2.45) is 0 Å². The fourth-order valence-electron chi connectivity index (χ4n) is 1.55. The molecule has 0 unspecified atom stereocenters. The van der Waals surface area contributed by atoms with Crippen LogP contribution >= 0.6 is 0 Å². The van der Waals surface area contributed by atoms with Gasteiger partial charge in [0.25, 0.3) is 0 Å². The van der Waals surface area contributed by atoms with Gasteiger partial charge in [-0.05, 0) is 6.92 Å². The molecule has 0 saturated carbocycles. The largest absolute Gasteiger partial charge is 0.369 e. The van der Waals surface area contributed by atoms with E-state index in [9.17, 15) is 0 Å². The first kappa shape index (κ1) is 8.84. The third-order valence-electron chi connectivity index (χ3n) is 2.27. The summed E-state index contributed by atoms with van der Waals surface area (Å²) in [6.45, 7) is 1.90. The number of nitrogen functional groups attached to an aromatic ring is 1. The molecule has 3 heterocycles. The molecule has 0 spiro atoms. The average Bonchev–Trinajstić information content (AvgIpc) is 2.84. The summed E-state index contributed by atoms with van der Waals surface area (Å²) in [6.07, 6.45) is 5.11. The Morgan fingerprint density at radius 2 is 2.12 bits per heavy atom. The number of aryl methyl sites for hydroxylation is 1. The Bertz CT molecular complexity index is 651. The number of hydrogen-bond donors (Lipinski definition) is 1. The minimum absolute atomic E-state index is 0.351. The number of fused-ring (bicyclic) bond motifs is 1. The summed E-state index contributed by atoms with van der Waals surface area (Å²) in [7, 11) is 0. The summed E-state index contributed by atoms with van der Waals surface area (Å²) in [5.74, 6) is 0.935. The predicted molar refractivity (Wildman–Crippen MR) is 57.1 cm³/mol. The van der Waals surface area contributed by atoms with Gasteiger partial charge in [0.1, 0.15) is 6.33 Å². The van der Waals surface area contributed by atoms with Crippen LogP contribution in [0.1, 0.15) is 5.69 Å². The summed E-state index contributed by atoms with van der Waals surface area (Å²) in [5.41, 5.74) is 7.35. The highest BCUT2D eigenvalue weighted by atomic mass is 15.4. The van der Waals surface area contributed by atoms with Crippen molar-refractivity contribution in [1.82, 2.24) is 29.1 Å². The number of nitrogens with two attached hydrogens (primary N) is 1. The first-order chi connectivity index (χ1) is 7.75. The maximum atomic E-state index is 5.78. The molecular formula is C9H9N7. The Morgan fingerprint density at radius 3 is 2.88 bits per heavy atom. The molecule has 0 aromatic carbocycles. The molecule has 0 amide bonds. The van der Waals surface area contributed by atoms with Crippen molar-refractivity contribution in [1.29, 1.82) is 0 Å². The number of nitrogens with zero attached hydrogens (tertiary/aromatic N) is 6. The molecule has 80 valence electrons. The molecule has 0 bridgehead atoms. The van der Waals surface area contributed by atoms with Crippen molar-refractivity contribution in [2.45, 2.75) is 6.92 Å². The highest BCUT2D eigenvalue weighted by Gasteiger charge is 2.10. The number of hydrogen-bond acceptors (Lipinski definition) is 5. The van der Waals surface area contributed by atoms with Crippen molar-refractivity contribution in [2.75, 3.05) is 5.73 Å². The Hall–Kier alpha value is -2.44. The Labute approximate surface area is 90.6 Å². The number of aromatic nitrogens is 6. The first-order valence-electron chi connectivity index (χ1n) is 4.72. The van der Waals surface area contributed by atoms with E-state index in [1.807, 2.05) is 13.1 Å². The Kier molecular flexibility index (Phi) is 1.67. The second kappa shape index (κ2) is 3.02. The van der Waals surface area contributed by atoms with Gasteiger partial charge in [-0.1, -0.05) is 0 Å². The van der Waals surface area contributed by atoms with Crippen LogP contribution in [0.3, 0.4) is 0 Å². The molecule has 0 fully saturated rings. The predicted octanol–water partition coefficient (Wildman–Crippen LogP) is 0.201. The summed E-state index contributed by atoms with van der Waals surface area (Å²) >= 11 is 0. The number of rotatable bonds is 1. The quantitative estimate of drug-likeness (QED) is 0.626. The van der Waals surface area contributed by atoms with Gasteiger partial charge in [0.15, 0.2) is 5.65 Å². The van der Waals surface area contributed by atoms with Crippen molar-refractivity contribution in [3.8, 4) is 5.95 Å². The lowest BCUT2D eigenvalue weighted by Gasteiger charge is -2.01. The van der Waals surface area contributed by atoms with Crippen LogP contribution in [-0.4, -0.2) is 29.1 Å². The maximum Gasteiger partial charge on any atom is 0.243 e. The van der Waals surface area contributed by atoms with Crippen LogP contribution in [-0.2, 0) is 0 Å². The van der Waals surface area contributed by atoms with Gasteiger partial charge in [0.05, 0.1) is 5.69 Å². The Morgan fingerprint density at radius 1 is 1.25 bits per heavy atom. The van der Waals surface area contributed by atoms with Gasteiger partial charge in [-0.25, -0.2) is 14.4 Å². The molecule has 7 heteroatoms. The van der Waals surface area contributed by atoms with Crippen LogP contribution < -0.4 is 5.73 Å². The van der Waals surface area contributed by atoms with E-state index >= 15 is 0 Å². The lowest BCUT2D eigenvalue weighted by Crippen LogP contribution is -2.04. The molecule has 3 aromatic rings. The molecule has 0 aliphatic carbocycles. The summed E-state index contributed by atoms with van der Waals surface area (Å²) in [4.78, 5) is 8.13. The van der Waals surface area contributed by atoms with E-state index in [4.69, 9.17) is 5.73 Å². The van der Waals surface area contributed by atoms with Crippen LogP contribution in [0.25, 0.3) is 11.6 Å². The van der Waals surface area contributed by atoms with Crippen LogP contribution in [0.4, 0.5) is 5.95 Å². The lowest BCUT2D eigenvalue weighted by molar-refractivity contribution is 0.898. The van der Waals surface area contributed by atoms with Gasteiger partial charge in [-0.2, -0.15) is 0 Å². The zero-order valence-corrected chi connectivity index (χ0v) is 8.57. The van der Waals surface area contributed by atoms with Gasteiger partial charge < -0.3 is 5.73 Å². The molecule has 0 aliphatic heterocycles. The van der Waals surface area contributed by atoms with Crippen molar-refractivity contribution < 1.29 is 0 Å². The minimum Gasteiger partial charge on any atom is -0.369 e. The van der Waals surface area contributed by atoms with Crippen molar-refractivity contribution in [3.63, 3.8) is 0 Å². The summed E-state index contributed by atoms with van der Waals surface area (Å²) in [6, 6.07) is 1.75. The minimum atomic E-state index is 0.351. The zero-order chi connectivity index (χ0) is 11.1. The Balaban J connectivity index is 2.32. The maximum absolute atomic E-state index is 5.78. The fourth-order valence-corrected chi connectivity index (χ4v) is 1.55. The van der Waals surface area contributed by atoms with E-state index in [0.29, 0.717) is 17.5 Å². The standard InChI is InChI=1S/C9H9N7/c1-6-4-15(5-12-6)9-14-13-7-2-3-11-8(10)16(7)9/h2-5H,1H3,(H2,10,11). The summed E-state index contributed by atoms with van der Waals surface area (Å²) in [5, 5.41) is 8.07. The number of imidazole rings is 1. The zero-order valence-electron chi connectivity index (χ0n) is 8.57. The molecule has 3 rings (SSSR count). The van der Waals surface area contributed by atoms with Gasteiger partial charge in [0, 0.05) is 18.5 Å². The monoisotopic (exact) mass is 215 g/mol. The molecule has 3 aromatic heterocycles. The van der Waals surface area contributed by atoms with Crippen LogP contribution in [0.5, 0.6) is 0 Å². The van der Waals surface area contributed by atoms with Gasteiger partial charge >= 0.3 is 0 Å². The highest BCUT2D eigenvalue weighted by Crippen LogP contribution is 2.11. The highest BCUT2D eigenvalue weighted by molar-refractivity contribution is 5.46. The second-order valence-electron chi connectivity index (χ2n) is 3.42. The third-order valence-corrected chi connectivity index (χ3v) is 2.27. The van der Waals surface area contributed by atoms with Gasteiger partial charge in [0.2, 0.25) is 11.9 Å². The first-order valence-corrected chi connectivity index (χ1v) is 4.72. The fraction of sp³-hybridized carbons (Fsp3) is 0.111. The van der Waals surface area contributed by atoms with E-state index in [-0.39, 0.29) is 0 Å². The molecule has 0 aliphatic rings. The smallest absolute Gasteiger partial charge is 0.243 e. The van der Waals surface area contributed by atoms with E-state index in [0.717, 1.165) is 5.69 Å². The molecule has 0 radical (unpaired) electrons. The van der Waals surface area contributed by atoms with E-state index in [1.165, 1.54) is 0 Å². The van der Waals surface area contributed by atoms with E-state index in [1.54, 1.807) is 27.6 Å². The molecule has 2 N–H and O–H groups in total. The van der Waals surface area contributed by atoms with E-state index in [2.05, 4.69) is 20.2 Å². The lowest BCUT2D eigenvalue weighted by atomic mass is 10.6. The topological polar surface area (TPSA) is 86.9 Å². The SMILES string of the molecule is Cc1cn(-c2nnc3ccnc(N)n23)cn1. The average molecular weight is 215 g/mol. The third kappa shape index (κ3) is 1.14. The van der Waals surface area contributed by atoms with Crippen LogP contribution in [0, 0.1) is 6.92 Å². The number of anilines is 1. The molecule has 16 heavy (non-hydrogen) atoms. The second-order valence-corrected chi connectivity index (χ2v) is 3.42. The van der Waals surface area contributed by atoms with Gasteiger partial charge in [-0.15, -0.1) is 10.2 Å². The van der Waals surface area contributed by atoms with Crippen molar-refractivity contribution in [3.05, 3.63) is 30.5 Å². The van der Waals surface area contributed by atoms with Crippen LogP contribution in [0.2, 0.25) is 0 Å².